The average Bonchev–Trinajstić information content (AvgIpc) is 2.29. The molecule has 0 amide bonds. The van der Waals surface area contributed by atoms with E-state index in [1.165, 1.54) is 0 Å². The summed E-state index contributed by atoms with van der Waals surface area (Å²) in [5, 5.41) is 0.824. The number of hydrogen-bond acceptors (Lipinski definition) is 0. The molecule has 0 spiro atoms. The number of benzene rings is 2. The molecular weight excluding hydrogens is 342 g/mol. The predicted octanol–water partition coefficient (Wildman–Crippen LogP) is 6.08. The molecule has 2 aromatic rings. The molecule has 1 atom stereocenters. The smallest absolute Gasteiger partial charge is 0.0864 e. The van der Waals surface area contributed by atoms with Crippen molar-refractivity contribution in [1.82, 2.24) is 0 Å². The number of halogens is 4. The van der Waals surface area contributed by atoms with Gasteiger partial charge in [0.2, 0.25) is 0 Å². The quantitative estimate of drug-likeness (QED) is 0.575. The van der Waals surface area contributed by atoms with E-state index in [0.29, 0.717) is 10.0 Å². The molecule has 0 aromatic heterocycles. The van der Waals surface area contributed by atoms with Gasteiger partial charge in [0.15, 0.2) is 0 Å². The maximum Gasteiger partial charge on any atom is 0.0864 e. The minimum atomic E-state index is -0.343. The summed E-state index contributed by atoms with van der Waals surface area (Å²) in [6.07, 6.45) is 0. The number of alkyl halides is 1. The maximum absolute atomic E-state index is 6.41. The minimum absolute atomic E-state index is 0.343. The van der Waals surface area contributed by atoms with Crippen molar-refractivity contribution >= 4 is 50.7 Å². The molecule has 1 unspecified atom stereocenters. The average molecular weight is 350 g/mol. The summed E-state index contributed by atoms with van der Waals surface area (Å²) in [5.74, 6) is 0. The predicted molar refractivity (Wildman–Crippen MR) is 78.3 cm³/mol. The molecule has 0 N–H and O–H groups in total. The minimum Gasteiger partial charge on any atom is -0.112 e. The maximum atomic E-state index is 6.41. The van der Waals surface area contributed by atoms with Crippen LogP contribution in [0.5, 0.6) is 0 Å². The molecule has 2 aromatic carbocycles. The first kappa shape index (κ1) is 13.2. The molecule has 0 saturated carbocycles. The molecule has 4 heteroatoms. The Kier molecular flexibility index (Phi) is 4.37. The van der Waals surface area contributed by atoms with Gasteiger partial charge in [0, 0.05) is 20.1 Å². The first-order valence-corrected chi connectivity index (χ1v) is 6.91. The first-order chi connectivity index (χ1) is 8.09. The third-order valence-corrected chi connectivity index (χ3v) is 4.07. The van der Waals surface area contributed by atoms with Gasteiger partial charge in [-0.15, -0.1) is 11.6 Å². The Labute approximate surface area is 124 Å². The van der Waals surface area contributed by atoms with Crippen molar-refractivity contribution < 1.29 is 0 Å². The van der Waals surface area contributed by atoms with E-state index in [2.05, 4.69) is 15.9 Å². The topological polar surface area (TPSA) is 0 Å². The van der Waals surface area contributed by atoms with Crippen LogP contribution in [0.2, 0.25) is 10.0 Å². The third-order valence-electron chi connectivity index (χ3n) is 2.42. The highest BCUT2D eigenvalue weighted by molar-refractivity contribution is 9.10. The molecule has 2 rings (SSSR count). The van der Waals surface area contributed by atoms with E-state index >= 15 is 0 Å². The van der Waals surface area contributed by atoms with Gasteiger partial charge in [-0.05, 0) is 29.8 Å². The zero-order valence-electron chi connectivity index (χ0n) is 8.63. The van der Waals surface area contributed by atoms with E-state index in [0.717, 1.165) is 15.6 Å². The van der Waals surface area contributed by atoms with Gasteiger partial charge < -0.3 is 0 Å². The Bertz CT molecular complexity index is 502. The molecule has 0 fully saturated rings. The van der Waals surface area contributed by atoms with Gasteiger partial charge >= 0.3 is 0 Å². The second kappa shape index (κ2) is 5.62. The monoisotopic (exact) mass is 348 g/mol. The SMILES string of the molecule is Clc1cccc(Cl)c1C(Cl)c1ccc(Br)cc1. The standard InChI is InChI=1S/C13H8BrCl3/c14-9-6-4-8(5-7-9)13(17)12-10(15)2-1-3-11(12)16/h1-7,13H. The molecule has 0 aliphatic heterocycles. The van der Waals surface area contributed by atoms with Crippen LogP contribution < -0.4 is 0 Å². The van der Waals surface area contributed by atoms with E-state index < -0.39 is 0 Å². The Morgan fingerprint density at radius 3 is 1.94 bits per heavy atom. The summed E-state index contributed by atoms with van der Waals surface area (Å²) in [6.45, 7) is 0. The highest BCUT2D eigenvalue weighted by Crippen LogP contribution is 2.38. The summed E-state index contributed by atoms with van der Waals surface area (Å²) in [5.41, 5.74) is 1.71. The number of rotatable bonds is 2. The molecule has 0 aliphatic carbocycles. The normalized spacial score (nSPS) is 12.5. The molecule has 88 valence electrons. The summed E-state index contributed by atoms with van der Waals surface area (Å²) in [4.78, 5) is 0. The van der Waals surface area contributed by atoms with E-state index in [4.69, 9.17) is 34.8 Å². The van der Waals surface area contributed by atoms with Crippen LogP contribution in [-0.4, -0.2) is 0 Å². The fourth-order valence-corrected chi connectivity index (χ4v) is 2.92. The summed E-state index contributed by atoms with van der Waals surface area (Å²) in [7, 11) is 0. The lowest BCUT2D eigenvalue weighted by atomic mass is 10.0. The van der Waals surface area contributed by atoms with E-state index in [1.807, 2.05) is 24.3 Å². The van der Waals surface area contributed by atoms with Gasteiger partial charge in [-0.25, -0.2) is 0 Å². The lowest BCUT2D eigenvalue weighted by Gasteiger charge is -2.14. The van der Waals surface area contributed by atoms with E-state index in [1.54, 1.807) is 18.2 Å². The Morgan fingerprint density at radius 1 is 0.882 bits per heavy atom. The fraction of sp³-hybridized carbons (Fsp3) is 0.0769. The van der Waals surface area contributed by atoms with Crippen LogP contribution in [0.25, 0.3) is 0 Å². The summed E-state index contributed by atoms with van der Waals surface area (Å²) < 4.78 is 1.01. The van der Waals surface area contributed by atoms with Crippen LogP contribution in [0.4, 0.5) is 0 Å². The molecule has 0 saturated heterocycles. The van der Waals surface area contributed by atoms with Gasteiger partial charge in [0.25, 0.3) is 0 Å². The zero-order chi connectivity index (χ0) is 12.4. The van der Waals surface area contributed by atoms with Crippen molar-refractivity contribution in [1.29, 1.82) is 0 Å². The Hall–Kier alpha value is -0.210. The summed E-state index contributed by atoms with van der Waals surface area (Å²) in [6, 6.07) is 13.2. The molecule has 0 aliphatic rings. The highest BCUT2D eigenvalue weighted by Gasteiger charge is 2.17. The molecule has 0 nitrogen and oxygen atoms in total. The van der Waals surface area contributed by atoms with Crippen molar-refractivity contribution in [2.24, 2.45) is 0 Å². The first-order valence-electron chi connectivity index (χ1n) is 4.93. The van der Waals surface area contributed by atoms with Crippen molar-refractivity contribution in [2.45, 2.75) is 5.38 Å². The van der Waals surface area contributed by atoms with E-state index in [-0.39, 0.29) is 5.38 Å². The Balaban J connectivity index is 2.43. The molecule has 0 radical (unpaired) electrons. The molecule has 0 bridgehead atoms. The van der Waals surface area contributed by atoms with Crippen LogP contribution in [0.15, 0.2) is 46.9 Å². The van der Waals surface area contributed by atoms with Gasteiger partial charge in [0.05, 0.1) is 5.38 Å². The van der Waals surface area contributed by atoms with Gasteiger partial charge in [-0.1, -0.05) is 57.3 Å². The second-order valence-corrected chi connectivity index (χ2v) is 5.72. The van der Waals surface area contributed by atoms with Gasteiger partial charge in [0.1, 0.15) is 0 Å². The lowest BCUT2D eigenvalue weighted by molar-refractivity contribution is 1.14. The van der Waals surface area contributed by atoms with E-state index in [9.17, 15) is 0 Å². The van der Waals surface area contributed by atoms with Crippen LogP contribution in [0, 0.1) is 0 Å². The largest absolute Gasteiger partial charge is 0.112 e. The van der Waals surface area contributed by atoms with Gasteiger partial charge in [-0.2, -0.15) is 0 Å². The van der Waals surface area contributed by atoms with Crippen LogP contribution in [-0.2, 0) is 0 Å². The van der Waals surface area contributed by atoms with Crippen LogP contribution >= 0.6 is 50.7 Å². The third kappa shape index (κ3) is 2.97. The van der Waals surface area contributed by atoms with Crippen molar-refractivity contribution in [3.05, 3.63) is 68.1 Å². The zero-order valence-corrected chi connectivity index (χ0v) is 12.5. The fourth-order valence-electron chi connectivity index (χ4n) is 1.55. The van der Waals surface area contributed by atoms with Crippen molar-refractivity contribution in [3.63, 3.8) is 0 Å². The second-order valence-electron chi connectivity index (χ2n) is 3.55. The summed E-state index contributed by atoms with van der Waals surface area (Å²) >= 11 is 22.0. The van der Waals surface area contributed by atoms with Crippen LogP contribution in [0.1, 0.15) is 16.5 Å². The molecule has 0 heterocycles. The van der Waals surface area contributed by atoms with Crippen molar-refractivity contribution in [3.8, 4) is 0 Å². The number of hydrogen-bond donors (Lipinski definition) is 0. The van der Waals surface area contributed by atoms with Gasteiger partial charge in [-0.3, -0.25) is 0 Å². The Morgan fingerprint density at radius 2 is 1.41 bits per heavy atom. The highest BCUT2D eigenvalue weighted by atomic mass is 79.9. The molecule has 17 heavy (non-hydrogen) atoms. The van der Waals surface area contributed by atoms with Crippen molar-refractivity contribution in [2.75, 3.05) is 0 Å². The molecular formula is C13H8BrCl3. The lowest BCUT2D eigenvalue weighted by Crippen LogP contribution is -1.95. The van der Waals surface area contributed by atoms with Crippen LogP contribution in [0.3, 0.4) is 0 Å².